The van der Waals surface area contributed by atoms with Gasteiger partial charge in [0.2, 0.25) is 0 Å². The summed E-state index contributed by atoms with van der Waals surface area (Å²) in [5.74, 6) is 0.231. The molecule has 1 spiro atoms. The summed E-state index contributed by atoms with van der Waals surface area (Å²) in [5, 5.41) is 10.4. The fraction of sp³-hybridized carbons (Fsp3) is 0.346. The molecular weight excluding hydrogens is 407 g/mol. The highest BCUT2D eigenvalue weighted by atomic mass is 19.1. The minimum atomic E-state index is -0.598. The Kier molecular flexibility index (Phi) is 4.59. The normalized spacial score (nSPS) is 16.9. The number of carbonyl (C=O) groups excluding carboxylic acids is 1. The van der Waals surface area contributed by atoms with Crippen molar-refractivity contribution in [3.63, 3.8) is 0 Å². The molecule has 2 aromatic carbocycles. The van der Waals surface area contributed by atoms with E-state index in [1.165, 1.54) is 12.1 Å². The van der Waals surface area contributed by atoms with E-state index in [9.17, 15) is 14.3 Å². The van der Waals surface area contributed by atoms with Gasteiger partial charge in [0, 0.05) is 43.8 Å². The van der Waals surface area contributed by atoms with Crippen LogP contribution in [0.4, 0.5) is 4.39 Å². The van der Waals surface area contributed by atoms with E-state index in [1.807, 2.05) is 45.2 Å². The number of hydrogen-bond donors (Lipinski definition) is 1. The second-order valence-corrected chi connectivity index (χ2v) is 9.75. The van der Waals surface area contributed by atoms with E-state index in [2.05, 4.69) is 4.57 Å². The predicted octanol–water partition coefficient (Wildman–Crippen LogP) is 5.14. The first-order chi connectivity index (χ1) is 15.2. The standard InChI is InChI=1S/C26H27FN2O3/c1-25(2,3)19-8-6-17(15-21(19)30)24(31)28-13-10-26(11-14-28)23-5-4-12-29(23)20-9-7-18(27)16-22(20)32-26/h4-9,12,15-16,30H,10-11,13-14H2,1-3H3. The van der Waals surface area contributed by atoms with Gasteiger partial charge in [-0.2, -0.15) is 0 Å². The third-order valence-electron chi connectivity index (χ3n) is 6.61. The number of amides is 1. The first kappa shape index (κ1) is 20.6. The number of benzene rings is 2. The summed E-state index contributed by atoms with van der Waals surface area (Å²) in [4.78, 5) is 14.9. The molecule has 1 aromatic heterocycles. The Hall–Kier alpha value is -3.28. The molecule has 3 heterocycles. The largest absolute Gasteiger partial charge is 0.508 e. The summed E-state index contributed by atoms with van der Waals surface area (Å²) in [7, 11) is 0. The number of ether oxygens (including phenoxy) is 1. The van der Waals surface area contributed by atoms with Crippen molar-refractivity contribution < 1.29 is 19.0 Å². The van der Waals surface area contributed by atoms with Crippen LogP contribution in [-0.4, -0.2) is 33.6 Å². The molecule has 1 fully saturated rings. The predicted molar refractivity (Wildman–Crippen MR) is 120 cm³/mol. The summed E-state index contributed by atoms with van der Waals surface area (Å²) in [5.41, 5.74) is 2.34. The van der Waals surface area contributed by atoms with Crippen molar-refractivity contribution in [2.45, 2.75) is 44.6 Å². The van der Waals surface area contributed by atoms with Crippen LogP contribution in [0.25, 0.3) is 5.69 Å². The molecule has 2 aliphatic rings. The van der Waals surface area contributed by atoms with Crippen molar-refractivity contribution in [3.8, 4) is 17.2 Å². The molecule has 1 amide bonds. The Bertz CT molecular complexity index is 1200. The Morgan fingerprint density at radius 3 is 2.53 bits per heavy atom. The van der Waals surface area contributed by atoms with E-state index in [0.29, 0.717) is 37.2 Å². The van der Waals surface area contributed by atoms with Crippen molar-refractivity contribution in [2.75, 3.05) is 13.1 Å². The number of phenolic OH excluding ortho intramolecular Hbond substituents is 1. The molecule has 0 saturated carbocycles. The monoisotopic (exact) mass is 434 g/mol. The zero-order valence-corrected chi connectivity index (χ0v) is 18.6. The van der Waals surface area contributed by atoms with Crippen LogP contribution in [0.5, 0.6) is 11.5 Å². The summed E-state index contributed by atoms with van der Waals surface area (Å²) in [6.45, 7) is 7.10. The lowest BCUT2D eigenvalue weighted by Crippen LogP contribution is -2.50. The van der Waals surface area contributed by atoms with Gasteiger partial charge in [0.15, 0.2) is 5.60 Å². The first-order valence-corrected chi connectivity index (χ1v) is 11.0. The van der Waals surface area contributed by atoms with E-state index in [1.54, 1.807) is 23.1 Å². The first-order valence-electron chi connectivity index (χ1n) is 11.0. The second kappa shape index (κ2) is 7.12. The molecule has 5 nitrogen and oxygen atoms in total. The van der Waals surface area contributed by atoms with Crippen LogP contribution < -0.4 is 4.74 Å². The fourth-order valence-electron chi connectivity index (χ4n) is 4.90. The molecule has 1 N–H and O–H groups in total. The topological polar surface area (TPSA) is 54.7 Å². The molecule has 5 rings (SSSR count). The number of hydrogen-bond acceptors (Lipinski definition) is 3. The maximum Gasteiger partial charge on any atom is 0.253 e. The molecule has 2 aliphatic heterocycles. The Labute approximate surface area is 187 Å². The number of likely N-dealkylation sites (tertiary alicyclic amines) is 1. The summed E-state index contributed by atoms with van der Waals surface area (Å²) >= 11 is 0. The van der Waals surface area contributed by atoms with Crippen LogP contribution in [0.15, 0.2) is 54.7 Å². The maximum absolute atomic E-state index is 13.9. The molecular formula is C26H27FN2O3. The highest BCUT2D eigenvalue weighted by molar-refractivity contribution is 5.95. The SMILES string of the molecule is CC(C)(C)c1ccc(C(=O)N2CCC3(CC2)Oc2cc(F)ccc2-n2cccc23)cc1O. The van der Waals surface area contributed by atoms with Gasteiger partial charge in [0.1, 0.15) is 17.3 Å². The molecule has 3 aromatic rings. The average Bonchev–Trinajstić information content (AvgIpc) is 3.24. The lowest BCUT2D eigenvalue weighted by atomic mass is 9.85. The minimum absolute atomic E-state index is 0.103. The number of fused-ring (bicyclic) bond motifs is 4. The third-order valence-corrected chi connectivity index (χ3v) is 6.61. The maximum atomic E-state index is 13.9. The zero-order chi connectivity index (χ0) is 22.7. The van der Waals surface area contributed by atoms with Crippen LogP contribution in [0.1, 0.15) is 55.2 Å². The van der Waals surface area contributed by atoms with Gasteiger partial charge in [-0.05, 0) is 47.4 Å². The van der Waals surface area contributed by atoms with E-state index in [0.717, 1.165) is 16.9 Å². The number of phenols is 1. The number of piperidine rings is 1. The Morgan fingerprint density at radius 1 is 1.09 bits per heavy atom. The van der Waals surface area contributed by atoms with E-state index in [4.69, 9.17) is 4.74 Å². The van der Waals surface area contributed by atoms with Crippen LogP contribution in [0, 0.1) is 5.82 Å². The number of aromatic hydroxyl groups is 1. The van der Waals surface area contributed by atoms with Crippen molar-refractivity contribution >= 4 is 5.91 Å². The van der Waals surface area contributed by atoms with Gasteiger partial charge in [-0.25, -0.2) is 4.39 Å². The van der Waals surface area contributed by atoms with Crippen molar-refractivity contribution in [3.05, 3.63) is 77.4 Å². The average molecular weight is 435 g/mol. The van der Waals surface area contributed by atoms with Crippen LogP contribution in [-0.2, 0) is 11.0 Å². The number of nitrogens with zero attached hydrogens (tertiary/aromatic N) is 2. The van der Waals surface area contributed by atoms with Crippen molar-refractivity contribution in [2.24, 2.45) is 0 Å². The summed E-state index contributed by atoms with van der Waals surface area (Å²) in [6.07, 6.45) is 3.17. The van der Waals surface area contributed by atoms with Gasteiger partial charge in [0.05, 0.1) is 11.4 Å². The zero-order valence-electron chi connectivity index (χ0n) is 18.6. The van der Waals surface area contributed by atoms with Crippen LogP contribution in [0.2, 0.25) is 0 Å². The Morgan fingerprint density at radius 2 is 1.84 bits per heavy atom. The quantitative estimate of drug-likeness (QED) is 0.577. The van der Waals surface area contributed by atoms with Gasteiger partial charge in [0.25, 0.3) is 5.91 Å². The number of rotatable bonds is 1. The minimum Gasteiger partial charge on any atom is -0.508 e. The van der Waals surface area contributed by atoms with E-state index >= 15 is 0 Å². The number of carbonyl (C=O) groups is 1. The third kappa shape index (κ3) is 3.25. The molecule has 0 bridgehead atoms. The van der Waals surface area contributed by atoms with Gasteiger partial charge in [-0.3, -0.25) is 4.79 Å². The van der Waals surface area contributed by atoms with Gasteiger partial charge < -0.3 is 19.3 Å². The van der Waals surface area contributed by atoms with Crippen molar-refractivity contribution in [1.82, 2.24) is 9.47 Å². The molecule has 0 atom stereocenters. The Balaban J connectivity index is 1.38. The van der Waals surface area contributed by atoms with Gasteiger partial charge in [-0.1, -0.05) is 26.8 Å². The molecule has 1 saturated heterocycles. The molecule has 166 valence electrons. The summed E-state index contributed by atoms with van der Waals surface area (Å²) in [6, 6.07) is 13.8. The lowest BCUT2D eigenvalue weighted by molar-refractivity contribution is -0.00951. The number of halogens is 1. The summed E-state index contributed by atoms with van der Waals surface area (Å²) < 4.78 is 22.3. The van der Waals surface area contributed by atoms with E-state index in [-0.39, 0.29) is 22.9 Å². The smallest absolute Gasteiger partial charge is 0.253 e. The highest BCUT2D eigenvalue weighted by Crippen LogP contribution is 2.45. The molecule has 32 heavy (non-hydrogen) atoms. The molecule has 0 radical (unpaired) electrons. The van der Waals surface area contributed by atoms with Crippen LogP contribution >= 0.6 is 0 Å². The number of aromatic nitrogens is 1. The van der Waals surface area contributed by atoms with Crippen molar-refractivity contribution in [1.29, 1.82) is 0 Å². The highest BCUT2D eigenvalue weighted by Gasteiger charge is 2.44. The second-order valence-electron chi connectivity index (χ2n) is 9.75. The van der Waals surface area contributed by atoms with Gasteiger partial charge >= 0.3 is 0 Å². The van der Waals surface area contributed by atoms with E-state index < -0.39 is 5.60 Å². The fourth-order valence-corrected chi connectivity index (χ4v) is 4.90. The van der Waals surface area contributed by atoms with Gasteiger partial charge in [-0.15, -0.1) is 0 Å². The molecule has 0 unspecified atom stereocenters. The molecule has 0 aliphatic carbocycles. The van der Waals surface area contributed by atoms with Crippen LogP contribution in [0.3, 0.4) is 0 Å². The molecule has 6 heteroatoms. The lowest BCUT2D eigenvalue weighted by Gasteiger charge is -2.45.